The molecule has 0 radical (unpaired) electrons. The molecule has 0 heterocycles. The third kappa shape index (κ3) is 8.97. The average Bonchev–Trinajstić information content (AvgIpc) is 2.98. The Morgan fingerprint density at radius 1 is 0.977 bits per heavy atom. The molecule has 8 nitrogen and oxygen atoms in total. The van der Waals surface area contributed by atoms with E-state index in [2.05, 4.69) is 5.32 Å². The molecule has 1 saturated carbocycles. The standard InChI is InChI=1S/C33H40ClN3O5S/c1-24-11-10-14-26(19-24)22-36(32(38)23-37(43(3,40)41)29-21-27(34)17-18-31(29)42-2)30(20-25-12-6-4-7-13-25)33(39)35-28-15-8-5-9-16-28/h4,6-7,10-14,17-19,21,28,30H,5,8-9,15-16,20,22-23H2,1-3H3,(H,35,39). The number of hydrogen-bond acceptors (Lipinski definition) is 5. The normalized spacial score (nSPS) is 14.5. The molecule has 1 aliphatic carbocycles. The van der Waals surface area contributed by atoms with Crippen molar-refractivity contribution in [1.29, 1.82) is 0 Å². The van der Waals surface area contributed by atoms with Gasteiger partial charge in [-0.3, -0.25) is 13.9 Å². The third-order valence-corrected chi connectivity index (χ3v) is 9.11. The van der Waals surface area contributed by atoms with Crippen LogP contribution < -0.4 is 14.4 Å². The fourth-order valence-corrected chi connectivity index (χ4v) is 6.57. The van der Waals surface area contributed by atoms with Crippen LogP contribution in [0.3, 0.4) is 0 Å². The molecule has 3 aromatic carbocycles. The van der Waals surface area contributed by atoms with Gasteiger partial charge in [-0.15, -0.1) is 0 Å². The van der Waals surface area contributed by atoms with Gasteiger partial charge >= 0.3 is 0 Å². The van der Waals surface area contributed by atoms with Crippen molar-refractivity contribution >= 4 is 39.1 Å². The van der Waals surface area contributed by atoms with Gasteiger partial charge in [-0.05, 0) is 49.1 Å². The number of sulfonamides is 1. The van der Waals surface area contributed by atoms with Gasteiger partial charge < -0.3 is 15.0 Å². The number of hydrogen-bond donors (Lipinski definition) is 1. The van der Waals surface area contributed by atoms with E-state index >= 15 is 0 Å². The minimum atomic E-state index is -3.96. The zero-order valence-electron chi connectivity index (χ0n) is 25.0. The summed E-state index contributed by atoms with van der Waals surface area (Å²) < 4.78 is 32.6. The van der Waals surface area contributed by atoms with Gasteiger partial charge in [0.05, 0.1) is 19.1 Å². The molecule has 0 aromatic heterocycles. The minimum Gasteiger partial charge on any atom is -0.495 e. The summed E-state index contributed by atoms with van der Waals surface area (Å²) in [6.45, 7) is 1.55. The molecule has 0 spiro atoms. The Labute approximate surface area is 260 Å². The molecule has 1 atom stereocenters. The van der Waals surface area contributed by atoms with Crippen molar-refractivity contribution in [2.45, 2.75) is 64.1 Å². The molecule has 1 N–H and O–H groups in total. The Morgan fingerprint density at radius 3 is 2.33 bits per heavy atom. The highest BCUT2D eigenvalue weighted by Gasteiger charge is 2.34. The molecule has 1 unspecified atom stereocenters. The van der Waals surface area contributed by atoms with Gasteiger partial charge in [-0.1, -0.05) is 91.0 Å². The smallest absolute Gasteiger partial charge is 0.244 e. The SMILES string of the molecule is COc1ccc(Cl)cc1N(CC(=O)N(Cc1cccc(C)c1)C(Cc1ccccc1)C(=O)NC1CCCCC1)S(C)(=O)=O. The van der Waals surface area contributed by atoms with Gasteiger partial charge in [-0.25, -0.2) is 8.42 Å². The second-order valence-corrected chi connectivity index (χ2v) is 13.5. The van der Waals surface area contributed by atoms with Crippen LogP contribution in [-0.4, -0.2) is 57.1 Å². The van der Waals surface area contributed by atoms with Crippen LogP contribution in [0.25, 0.3) is 0 Å². The van der Waals surface area contributed by atoms with Crippen LogP contribution in [0, 0.1) is 6.92 Å². The van der Waals surface area contributed by atoms with E-state index < -0.39 is 28.5 Å². The first-order valence-corrected chi connectivity index (χ1v) is 16.8. The monoisotopic (exact) mass is 625 g/mol. The summed E-state index contributed by atoms with van der Waals surface area (Å²) in [5, 5.41) is 3.50. The highest BCUT2D eigenvalue weighted by atomic mass is 35.5. The second-order valence-electron chi connectivity index (χ2n) is 11.1. The number of halogens is 1. The van der Waals surface area contributed by atoms with Crippen LogP contribution in [0.5, 0.6) is 5.75 Å². The van der Waals surface area contributed by atoms with Crippen molar-refractivity contribution in [3.05, 3.63) is 94.5 Å². The third-order valence-electron chi connectivity index (χ3n) is 7.75. The molecule has 3 aromatic rings. The summed E-state index contributed by atoms with van der Waals surface area (Å²) in [5.41, 5.74) is 2.89. The van der Waals surface area contributed by atoms with E-state index in [0.29, 0.717) is 5.02 Å². The maximum absolute atomic E-state index is 14.3. The number of methoxy groups -OCH3 is 1. The molecule has 4 rings (SSSR count). The predicted octanol–water partition coefficient (Wildman–Crippen LogP) is 5.51. The topological polar surface area (TPSA) is 96.0 Å². The van der Waals surface area contributed by atoms with Gasteiger partial charge in [0.25, 0.3) is 0 Å². The van der Waals surface area contributed by atoms with E-state index in [4.69, 9.17) is 16.3 Å². The molecular weight excluding hydrogens is 586 g/mol. The van der Waals surface area contributed by atoms with Crippen LogP contribution in [0.1, 0.15) is 48.8 Å². The van der Waals surface area contributed by atoms with Gasteiger partial charge in [0.2, 0.25) is 21.8 Å². The van der Waals surface area contributed by atoms with Crippen molar-refractivity contribution in [1.82, 2.24) is 10.2 Å². The largest absolute Gasteiger partial charge is 0.495 e. The number of carbonyl (C=O) groups excluding carboxylic acids is 2. The Kier molecular flexibility index (Phi) is 11.1. The number of amides is 2. The number of benzene rings is 3. The Bertz CT molecular complexity index is 1510. The lowest BCUT2D eigenvalue weighted by molar-refractivity contribution is -0.140. The molecule has 1 aliphatic rings. The maximum atomic E-state index is 14.3. The van der Waals surface area contributed by atoms with E-state index in [1.54, 1.807) is 12.1 Å². The highest BCUT2D eigenvalue weighted by molar-refractivity contribution is 7.92. The van der Waals surface area contributed by atoms with Crippen LogP contribution >= 0.6 is 11.6 Å². The Hall–Kier alpha value is -3.56. The average molecular weight is 626 g/mol. The van der Waals surface area contributed by atoms with Gasteiger partial charge in [0, 0.05) is 24.0 Å². The van der Waals surface area contributed by atoms with Crippen molar-refractivity contribution in [2.24, 2.45) is 0 Å². The lowest BCUT2D eigenvalue weighted by Gasteiger charge is -2.35. The fraction of sp³-hybridized carbons (Fsp3) is 0.394. The molecule has 2 amide bonds. The number of anilines is 1. The number of aryl methyl sites for hydroxylation is 1. The van der Waals surface area contributed by atoms with E-state index in [1.807, 2.05) is 61.5 Å². The molecule has 0 aliphatic heterocycles. The molecular formula is C33H40ClN3O5S. The van der Waals surface area contributed by atoms with E-state index in [0.717, 1.165) is 59.4 Å². The zero-order valence-corrected chi connectivity index (χ0v) is 26.5. The van der Waals surface area contributed by atoms with Crippen LogP contribution in [-0.2, 0) is 32.6 Å². The maximum Gasteiger partial charge on any atom is 0.244 e. The lowest BCUT2D eigenvalue weighted by Crippen LogP contribution is -2.55. The second kappa shape index (κ2) is 14.8. The summed E-state index contributed by atoms with van der Waals surface area (Å²) in [6, 6.07) is 21.0. The molecule has 43 heavy (non-hydrogen) atoms. The fourth-order valence-electron chi connectivity index (χ4n) is 5.56. The Balaban J connectivity index is 1.75. The summed E-state index contributed by atoms with van der Waals surface area (Å²) in [6.07, 6.45) is 6.33. The molecule has 0 bridgehead atoms. The summed E-state index contributed by atoms with van der Waals surface area (Å²) in [5.74, 6) is -0.514. The number of rotatable bonds is 12. The van der Waals surface area contributed by atoms with Crippen molar-refractivity contribution in [3.63, 3.8) is 0 Å². The zero-order chi connectivity index (χ0) is 31.0. The summed E-state index contributed by atoms with van der Waals surface area (Å²) in [4.78, 5) is 29.9. The first-order chi connectivity index (χ1) is 20.5. The molecule has 230 valence electrons. The van der Waals surface area contributed by atoms with Crippen molar-refractivity contribution in [3.8, 4) is 5.75 Å². The first kappa shape index (κ1) is 32.4. The van der Waals surface area contributed by atoms with Gasteiger partial charge in [0.1, 0.15) is 18.3 Å². The Morgan fingerprint density at radius 2 is 1.67 bits per heavy atom. The minimum absolute atomic E-state index is 0.0404. The quantitative estimate of drug-likeness (QED) is 0.286. The summed E-state index contributed by atoms with van der Waals surface area (Å²) >= 11 is 6.24. The summed E-state index contributed by atoms with van der Waals surface area (Å²) in [7, 11) is -2.54. The van der Waals surface area contributed by atoms with Crippen LogP contribution in [0.15, 0.2) is 72.8 Å². The molecule has 10 heteroatoms. The van der Waals surface area contributed by atoms with Gasteiger partial charge in [0.15, 0.2) is 0 Å². The van der Waals surface area contributed by atoms with E-state index in [1.165, 1.54) is 18.1 Å². The number of carbonyl (C=O) groups is 2. The predicted molar refractivity (Wildman–Crippen MR) is 171 cm³/mol. The molecule has 0 saturated heterocycles. The van der Waals surface area contributed by atoms with Crippen LogP contribution in [0.2, 0.25) is 5.02 Å². The van der Waals surface area contributed by atoms with E-state index in [-0.39, 0.29) is 36.4 Å². The number of ether oxygens (including phenoxy) is 1. The number of nitrogens with one attached hydrogen (secondary N) is 1. The van der Waals surface area contributed by atoms with Crippen molar-refractivity contribution in [2.75, 3.05) is 24.2 Å². The van der Waals surface area contributed by atoms with Crippen molar-refractivity contribution < 1.29 is 22.7 Å². The number of nitrogens with zero attached hydrogens (tertiary/aromatic N) is 2. The lowest BCUT2D eigenvalue weighted by atomic mass is 9.94. The van der Waals surface area contributed by atoms with E-state index in [9.17, 15) is 18.0 Å². The first-order valence-electron chi connectivity index (χ1n) is 14.6. The van der Waals surface area contributed by atoms with Crippen LogP contribution in [0.4, 0.5) is 5.69 Å². The van der Waals surface area contributed by atoms with Gasteiger partial charge in [-0.2, -0.15) is 0 Å². The molecule has 1 fully saturated rings. The highest BCUT2D eigenvalue weighted by Crippen LogP contribution is 2.33.